The van der Waals surface area contributed by atoms with Crippen molar-refractivity contribution in [2.45, 2.75) is 18.0 Å². The van der Waals surface area contributed by atoms with Gasteiger partial charge >= 0.3 is 6.18 Å². The fraction of sp³-hybridized carbons (Fsp3) is 0.0952. The van der Waals surface area contributed by atoms with Crippen LogP contribution in [0.15, 0.2) is 71.6 Å². The highest BCUT2D eigenvalue weighted by Crippen LogP contribution is 2.31. The molecular formula is C21H16F3N3O5S. The fourth-order valence-electron chi connectivity index (χ4n) is 2.88. The van der Waals surface area contributed by atoms with Crippen LogP contribution < -0.4 is 10.0 Å². The lowest BCUT2D eigenvalue weighted by molar-refractivity contribution is -0.384. The highest BCUT2D eigenvalue weighted by Gasteiger charge is 2.30. The van der Waals surface area contributed by atoms with Crippen molar-refractivity contribution in [3.63, 3.8) is 0 Å². The third-order valence-corrected chi connectivity index (χ3v) is 5.90. The number of nitrogens with zero attached hydrogens (tertiary/aromatic N) is 1. The van der Waals surface area contributed by atoms with E-state index in [0.29, 0.717) is 5.56 Å². The van der Waals surface area contributed by atoms with Gasteiger partial charge in [0, 0.05) is 23.4 Å². The molecule has 33 heavy (non-hydrogen) atoms. The van der Waals surface area contributed by atoms with Crippen LogP contribution in [-0.2, 0) is 16.2 Å². The van der Waals surface area contributed by atoms with Gasteiger partial charge in [0.15, 0.2) is 0 Å². The van der Waals surface area contributed by atoms with Gasteiger partial charge in [0.05, 0.1) is 21.1 Å². The predicted octanol–water partition coefficient (Wildman–Crippen LogP) is 4.98. The zero-order valence-electron chi connectivity index (χ0n) is 16.9. The summed E-state index contributed by atoms with van der Waals surface area (Å²) >= 11 is 0. The zero-order valence-corrected chi connectivity index (χ0v) is 17.7. The van der Waals surface area contributed by atoms with Gasteiger partial charge in [-0.05, 0) is 48.9 Å². The number of hydrogen-bond donors (Lipinski definition) is 2. The van der Waals surface area contributed by atoms with E-state index in [1.807, 2.05) is 0 Å². The van der Waals surface area contributed by atoms with Gasteiger partial charge < -0.3 is 5.32 Å². The van der Waals surface area contributed by atoms with Gasteiger partial charge in [0.25, 0.3) is 21.6 Å². The lowest BCUT2D eigenvalue weighted by atomic mass is 10.1. The second-order valence-corrected chi connectivity index (χ2v) is 8.60. The first-order valence-corrected chi connectivity index (χ1v) is 10.7. The van der Waals surface area contributed by atoms with Crippen molar-refractivity contribution >= 4 is 33.0 Å². The summed E-state index contributed by atoms with van der Waals surface area (Å²) in [6.45, 7) is 1.53. The van der Waals surface area contributed by atoms with Crippen molar-refractivity contribution in [1.29, 1.82) is 0 Å². The number of alkyl halides is 3. The summed E-state index contributed by atoms with van der Waals surface area (Å²) in [5, 5.41) is 13.2. The SMILES string of the molecule is Cc1ccc(S(=O)(=O)Nc2cccc([N+](=O)[O-])c2)cc1C(=O)Nc1cccc(C(F)(F)F)c1. The molecule has 0 spiro atoms. The molecular weight excluding hydrogens is 463 g/mol. The number of aryl methyl sites for hydroxylation is 1. The van der Waals surface area contributed by atoms with Crippen molar-refractivity contribution in [3.8, 4) is 0 Å². The molecule has 0 aromatic heterocycles. The van der Waals surface area contributed by atoms with Crippen LogP contribution in [0.5, 0.6) is 0 Å². The van der Waals surface area contributed by atoms with E-state index in [1.165, 1.54) is 43.3 Å². The van der Waals surface area contributed by atoms with Crippen LogP contribution in [0.2, 0.25) is 0 Å². The number of carbonyl (C=O) groups is 1. The van der Waals surface area contributed by atoms with Crippen molar-refractivity contribution in [3.05, 3.63) is 93.5 Å². The average Bonchev–Trinajstić information content (AvgIpc) is 2.73. The molecule has 0 saturated heterocycles. The van der Waals surface area contributed by atoms with Gasteiger partial charge in [-0.15, -0.1) is 0 Å². The molecule has 0 fully saturated rings. The van der Waals surface area contributed by atoms with E-state index in [2.05, 4.69) is 10.0 Å². The van der Waals surface area contributed by atoms with Crippen molar-refractivity contribution in [1.82, 2.24) is 0 Å². The van der Waals surface area contributed by atoms with Gasteiger partial charge in [0.2, 0.25) is 0 Å². The number of nitro benzene ring substituents is 1. The minimum atomic E-state index is -4.59. The first-order valence-electron chi connectivity index (χ1n) is 9.23. The summed E-state index contributed by atoms with van der Waals surface area (Å²) in [5.41, 5.74) is -1.13. The Hall–Kier alpha value is -3.93. The second-order valence-electron chi connectivity index (χ2n) is 6.92. The monoisotopic (exact) mass is 479 g/mol. The maximum Gasteiger partial charge on any atom is 0.416 e. The number of hydrogen-bond acceptors (Lipinski definition) is 5. The number of non-ortho nitro benzene ring substituents is 1. The Morgan fingerprint density at radius 1 is 0.970 bits per heavy atom. The number of amides is 1. The molecule has 172 valence electrons. The number of nitro groups is 1. The standard InChI is InChI=1S/C21H16F3N3O5S/c1-13-8-9-18(33(31,32)26-16-6-3-7-17(11-16)27(29)30)12-19(13)20(28)25-15-5-2-4-14(10-15)21(22,23)24/h2-12,26H,1H3,(H,25,28). The Balaban J connectivity index is 1.88. The van der Waals surface area contributed by atoms with Gasteiger partial charge in [0.1, 0.15) is 0 Å². The third kappa shape index (κ3) is 5.66. The fourth-order valence-corrected chi connectivity index (χ4v) is 3.96. The topological polar surface area (TPSA) is 118 Å². The normalized spacial score (nSPS) is 11.6. The maximum absolute atomic E-state index is 12.9. The molecule has 0 bridgehead atoms. The molecule has 0 unspecified atom stereocenters. The summed E-state index contributed by atoms with van der Waals surface area (Å²) in [6, 6.07) is 12.5. The first kappa shape index (κ1) is 23.7. The second kappa shape index (κ2) is 8.90. The predicted molar refractivity (Wildman–Crippen MR) is 114 cm³/mol. The lowest BCUT2D eigenvalue weighted by Crippen LogP contribution is -2.17. The summed E-state index contributed by atoms with van der Waals surface area (Å²) in [5.74, 6) is -0.806. The van der Waals surface area contributed by atoms with Gasteiger partial charge in [-0.3, -0.25) is 19.6 Å². The minimum Gasteiger partial charge on any atom is -0.322 e. The van der Waals surface area contributed by atoms with E-state index in [0.717, 1.165) is 30.3 Å². The van der Waals surface area contributed by atoms with Crippen molar-refractivity contribution in [2.24, 2.45) is 0 Å². The van der Waals surface area contributed by atoms with E-state index in [4.69, 9.17) is 0 Å². The number of sulfonamides is 1. The molecule has 1 amide bonds. The van der Waals surface area contributed by atoms with Crippen LogP contribution >= 0.6 is 0 Å². The van der Waals surface area contributed by atoms with Crippen LogP contribution in [0, 0.1) is 17.0 Å². The molecule has 2 N–H and O–H groups in total. The number of anilines is 2. The van der Waals surface area contributed by atoms with E-state index in [1.54, 1.807) is 0 Å². The molecule has 0 aliphatic rings. The zero-order chi connectivity index (χ0) is 24.4. The Labute approximate surface area is 186 Å². The molecule has 3 aromatic rings. The molecule has 0 radical (unpaired) electrons. The van der Waals surface area contributed by atoms with Crippen LogP contribution in [0.4, 0.5) is 30.2 Å². The molecule has 0 atom stereocenters. The molecule has 3 aromatic carbocycles. The first-order chi connectivity index (χ1) is 15.4. The summed E-state index contributed by atoms with van der Waals surface area (Å²) in [4.78, 5) is 22.6. The Bertz CT molecular complexity index is 1340. The van der Waals surface area contributed by atoms with E-state index < -0.39 is 32.6 Å². The highest BCUT2D eigenvalue weighted by atomic mass is 32.2. The Morgan fingerprint density at radius 2 is 1.64 bits per heavy atom. The molecule has 0 aliphatic heterocycles. The van der Waals surface area contributed by atoms with Gasteiger partial charge in [-0.1, -0.05) is 18.2 Å². The number of benzene rings is 3. The molecule has 12 heteroatoms. The quantitative estimate of drug-likeness (QED) is 0.382. The molecule has 3 rings (SSSR count). The van der Waals surface area contributed by atoms with Crippen molar-refractivity contribution in [2.75, 3.05) is 10.0 Å². The Morgan fingerprint density at radius 3 is 2.30 bits per heavy atom. The van der Waals surface area contributed by atoms with Crippen LogP contribution in [-0.4, -0.2) is 19.2 Å². The maximum atomic E-state index is 12.9. The van der Waals surface area contributed by atoms with E-state index in [-0.39, 0.29) is 27.5 Å². The largest absolute Gasteiger partial charge is 0.416 e. The lowest BCUT2D eigenvalue weighted by Gasteiger charge is -2.13. The highest BCUT2D eigenvalue weighted by molar-refractivity contribution is 7.92. The number of halogens is 3. The van der Waals surface area contributed by atoms with E-state index in [9.17, 15) is 36.5 Å². The third-order valence-electron chi connectivity index (χ3n) is 4.52. The number of nitrogens with one attached hydrogen (secondary N) is 2. The van der Waals surface area contributed by atoms with Gasteiger partial charge in [-0.25, -0.2) is 8.42 Å². The van der Waals surface area contributed by atoms with Crippen molar-refractivity contribution < 1.29 is 31.3 Å². The molecule has 0 saturated carbocycles. The number of rotatable bonds is 6. The molecule has 8 nitrogen and oxygen atoms in total. The minimum absolute atomic E-state index is 0.0558. The smallest absolute Gasteiger partial charge is 0.322 e. The summed E-state index contributed by atoms with van der Waals surface area (Å²) in [7, 11) is -4.23. The Kier molecular flexibility index (Phi) is 6.40. The number of carbonyl (C=O) groups excluding carboxylic acids is 1. The average molecular weight is 479 g/mol. The van der Waals surface area contributed by atoms with Gasteiger partial charge in [-0.2, -0.15) is 13.2 Å². The molecule has 0 aliphatic carbocycles. The van der Waals surface area contributed by atoms with E-state index >= 15 is 0 Å². The van der Waals surface area contributed by atoms with Crippen LogP contribution in [0.1, 0.15) is 21.5 Å². The molecule has 0 heterocycles. The summed E-state index contributed by atoms with van der Waals surface area (Å²) < 4.78 is 66.4. The van der Waals surface area contributed by atoms with Crippen LogP contribution in [0.3, 0.4) is 0 Å². The summed E-state index contributed by atoms with van der Waals surface area (Å²) in [6.07, 6.45) is -4.59. The van der Waals surface area contributed by atoms with Crippen LogP contribution in [0.25, 0.3) is 0 Å².